The third-order valence-corrected chi connectivity index (χ3v) is 5.53. The molecule has 0 fully saturated rings. The number of aryl methyl sites for hydroxylation is 1. The maximum Gasteiger partial charge on any atom is 0.123 e. The number of fused-ring (bicyclic) bond motifs is 1. The van der Waals surface area contributed by atoms with E-state index in [4.69, 9.17) is 4.74 Å². The minimum atomic E-state index is 0.380. The van der Waals surface area contributed by atoms with Crippen molar-refractivity contribution >= 4 is 0 Å². The van der Waals surface area contributed by atoms with Crippen molar-refractivity contribution in [3.8, 4) is 5.75 Å². The molecule has 27 heavy (non-hydrogen) atoms. The van der Waals surface area contributed by atoms with Crippen molar-refractivity contribution in [1.82, 2.24) is 4.90 Å². The standard InChI is InChI=1S/C25H27NO/c1-27-24-17-9-15-22-14-8-16-23(25(22)24)26(18-20-10-4-2-5-11-20)19-21-12-6-3-7-13-21/h2-7,9-13,15,17,23H,8,14,16,18-19H2,1H3. The lowest BCUT2D eigenvalue weighted by Crippen LogP contribution is -2.31. The molecule has 0 saturated heterocycles. The first kappa shape index (κ1) is 17.8. The van der Waals surface area contributed by atoms with Gasteiger partial charge in [0, 0.05) is 24.7 Å². The Balaban J connectivity index is 1.71. The van der Waals surface area contributed by atoms with Gasteiger partial charge < -0.3 is 4.74 Å². The first-order valence-corrected chi connectivity index (χ1v) is 9.83. The maximum absolute atomic E-state index is 5.77. The van der Waals surface area contributed by atoms with Crippen LogP contribution in [-0.2, 0) is 19.5 Å². The topological polar surface area (TPSA) is 12.5 Å². The van der Waals surface area contributed by atoms with Gasteiger partial charge in [0.2, 0.25) is 0 Å². The van der Waals surface area contributed by atoms with Crippen LogP contribution in [0.3, 0.4) is 0 Å². The van der Waals surface area contributed by atoms with Crippen LogP contribution in [-0.4, -0.2) is 12.0 Å². The van der Waals surface area contributed by atoms with Gasteiger partial charge in [0.15, 0.2) is 0 Å². The van der Waals surface area contributed by atoms with Gasteiger partial charge in [-0.1, -0.05) is 72.8 Å². The van der Waals surface area contributed by atoms with E-state index < -0.39 is 0 Å². The summed E-state index contributed by atoms with van der Waals surface area (Å²) in [5, 5.41) is 0. The monoisotopic (exact) mass is 357 g/mol. The van der Waals surface area contributed by atoms with Crippen molar-refractivity contribution in [2.45, 2.75) is 38.4 Å². The Bertz CT molecular complexity index is 804. The molecule has 2 nitrogen and oxygen atoms in total. The SMILES string of the molecule is COc1cccc2c1C(N(Cc1ccccc1)Cc1ccccc1)CCC2. The Morgan fingerprint density at radius 2 is 1.44 bits per heavy atom. The highest BCUT2D eigenvalue weighted by molar-refractivity contribution is 5.44. The van der Waals surface area contributed by atoms with Gasteiger partial charge in [0.05, 0.1) is 7.11 Å². The molecule has 3 aromatic rings. The van der Waals surface area contributed by atoms with Crippen LogP contribution < -0.4 is 4.74 Å². The van der Waals surface area contributed by atoms with Crippen LogP contribution in [0, 0.1) is 0 Å². The largest absolute Gasteiger partial charge is 0.496 e. The second-order valence-electron chi connectivity index (χ2n) is 7.32. The van der Waals surface area contributed by atoms with Crippen molar-refractivity contribution in [2.75, 3.05) is 7.11 Å². The molecule has 4 rings (SSSR count). The molecule has 0 saturated carbocycles. The lowest BCUT2D eigenvalue weighted by Gasteiger charge is -2.37. The lowest BCUT2D eigenvalue weighted by atomic mass is 9.85. The number of ether oxygens (including phenoxy) is 1. The van der Waals surface area contributed by atoms with Gasteiger partial charge in [-0.15, -0.1) is 0 Å². The van der Waals surface area contributed by atoms with Crippen LogP contribution in [0.1, 0.15) is 41.1 Å². The smallest absolute Gasteiger partial charge is 0.123 e. The van der Waals surface area contributed by atoms with E-state index in [9.17, 15) is 0 Å². The fourth-order valence-corrected chi connectivity index (χ4v) is 4.27. The van der Waals surface area contributed by atoms with Crippen LogP contribution in [0.4, 0.5) is 0 Å². The van der Waals surface area contributed by atoms with Crippen LogP contribution in [0.15, 0.2) is 78.9 Å². The second-order valence-corrected chi connectivity index (χ2v) is 7.32. The molecule has 0 aromatic heterocycles. The van der Waals surface area contributed by atoms with Crippen molar-refractivity contribution in [3.05, 3.63) is 101 Å². The first-order chi connectivity index (χ1) is 13.3. The predicted octanol–water partition coefficient (Wildman–Crippen LogP) is 5.78. The van der Waals surface area contributed by atoms with E-state index in [0.717, 1.165) is 25.3 Å². The van der Waals surface area contributed by atoms with E-state index in [1.54, 1.807) is 7.11 Å². The number of rotatable bonds is 6. The molecule has 2 heteroatoms. The fourth-order valence-electron chi connectivity index (χ4n) is 4.27. The van der Waals surface area contributed by atoms with E-state index in [1.807, 2.05) is 0 Å². The maximum atomic E-state index is 5.77. The molecule has 0 aliphatic heterocycles. The van der Waals surface area contributed by atoms with E-state index >= 15 is 0 Å². The summed E-state index contributed by atoms with van der Waals surface area (Å²) in [6.45, 7) is 1.88. The third-order valence-electron chi connectivity index (χ3n) is 5.53. The Morgan fingerprint density at radius 3 is 2.04 bits per heavy atom. The summed E-state index contributed by atoms with van der Waals surface area (Å²) in [6.07, 6.45) is 3.55. The van der Waals surface area contributed by atoms with Gasteiger partial charge in [-0.25, -0.2) is 0 Å². The molecule has 0 heterocycles. The van der Waals surface area contributed by atoms with Crippen molar-refractivity contribution in [1.29, 1.82) is 0 Å². The highest BCUT2D eigenvalue weighted by atomic mass is 16.5. The number of hydrogen-bond acceptors (Lipinski definition) is 2. The predicted molar refractivity (Wildman–Crippen MR) is 111 cm³/mol. The van der Waals surface area contributed by atoms with E-state index in [-0.39, 0.29) is 0 Å². The van der Waals surface area contributed by atoms with Gasteiger partial charge >= 0.3 is 0 Å². The van der Waals surface area contributed by atoms with Crippen molar-refractivity contribution < 1.29 is 4.74 Å². The van der Waals surface area contributed by atoms with Crippen LogP contribution in [0.5, 0.6) is 5.75 Å². The molecule has 0 radical (unpaired) electrons. The highest BCUT2D eigenvalue weighted by Crippen LogP contribution is 2.41. The van der Waals surface area contributed by atoms with Gasteiger partial charge in [0.25, 0.3) is 0 Å². The molecule has 0 spiro atoms. The summed E-state index contributed by atoms with van der Waals surface area (Å²) in [6, 6.07) is 28.5. The van der Waals surface area contributed by atoms with Gasteiger partial charge in [-0.3, -0.25) is 4.90 Å². The highest BCUT2D eigenvalue weighted by Gasteiger charge is 2.29. The van der Waals surface area contributed by atoms with Crippen LogP contribution in [0.2, 0.25) is 0 Å². The number of benzene rings is 3. The van der Waals surface area contributed by atoms with Gasteiger partial charge in [-0.2, -0.15) is 0 Å². The summed E-state index contributed by atoms with van der Waals surface area (Å²) in [5.41, 5.74) is 5.54. The summed E-state index contributed by atoms with van der Waals surface area (Å²) in [7, 11) is 1.79. The first-order valence-electron chi connectivity index (χ1n) is 9.83. The molecule has 0 amide bonds. The number of methoxy groups -OCH3 is 1. The average molecular weight is 357 g/mol. The molecule has 1 aliphatic carbocycles. The van der Waals surface area contributed by atoms with E-state index in [1.165, 1.54) is 35.1 Å². The van der Waals surface area contributed by atoms with Gasteiger partial charge in [-0.05, 0) is 42.0 Å². The summed E-state index contributed by atoms with van der Waals surface area (Å²) in [5.74, 6) is 1.03. The lowest BCUT2D eigenvalue weighted by molar-refractivity contribution is 0.157. The molecular weight excluding hydrogens is 330 g/mol. The molecule has 138 valence electrons. The zero-order valence-corrected chi connectivity index (χ0v) is 16.0. The fraction of sp³-hybridized carbons (Fsp3) is 0.280. The zero-order valence-electron chi connectivity index (χ0n) is 16.0. The van der Waals surface area contributed by atoms with Crippen molar-refractivity contribution in [3.63, 3.8) is 0 Å². The second kappa shape index (κ2) is 8.41. The summed E-state index contributed by atoms with van der Waals surface area (Å²) in [4.78, 5) is 2.62. The van der Waals surface area contributed by atoms with Crippen LogP contribution >= 0.6 is 0 Å². The minimum Gasteiger partial charge on any atom is -0.496 e. The Hall–Kier alpha value is -2.58. The van der Waals surface area contributed by atoms with Crippen molar-refractivity contribution in [2.24, 2.45) is 0 Å². The van der Waals surface area contributed by atoms with Crippen LogP contribution in [0.25, 0.3) is 0 Å². The Morgan fingerprint density at radius 1 is 0.815 bits per heavy atom. The minimum absolute atomic E-state index is 0.380. The summed E-state index contributed by atoms with van der Waals surface area (Å²) >= 11 is 0. The number of nitrogens with zero attached hydrogens (tertiary/aromatic N) is 1. The molecule has 0 bridgehead atoms. The van der Waals surface area contributed by atoms with E-state index in [2.05, 4.69) is 83.8 Å². The zero-order chi connectivity index (χ0) is 18.5. The molecular formula is C25H27NO. The van der Waals surface area contributed by atoms with Gasteiger partial charge in [0.1, 0.15) is 5.75 Å². The average Bonchev–Trinajstić information content (AvgIpc) is 2.74. The normalized spacial score (nSPS) is 16.1. The molecule has 3 aromatic carbocycles. The van der Waals surface area contributed by atoms with E-state index in [0.29, 0.717) is 6.04 Å². The Kier molecular flexibility index (Phi) is 5.55. The molecule has 1 atom stereocenters. The molecule has 1 aliphatic rings. The quantitative estimate of drug-likeness (QED) is 0.555. The number of hydrogen-bond donors (Lipinski definition) is 0. The Labute approximate surface area is 162 Å². The third kappa shape index (κ3) is 4.06. The molecule has 0 N–H and O–H groups in total. The summed E-state index contributed by atoms with van der Waals surface area (Å²) < 4.78 is 5.77. The molecule has 1 unspecified atom stereocenters.